The summed E-state index contributed by atoms with van der Waals surface area (Å²) in [5.41, 5.74) is 1.42. The molecule has 0 radical (unpaired) electrons. The Morgan fingerprint density at radius 2 is 2.04 bits per heavy atom. The van der Waals surface area contributed by atoms with Crippen molar-refractivity contribution in [2.24, 2.45) is 0 Å². The summed E-state index contributed by atoms with van der Waals surface area (Å²) in [6.07, 6.45) is 0. The molecule has 0 aliphatic rings. The number of hydrogen-bond donors (Lipinski definition) is 0. The summed E-state index contributed by atoms with van der Waals surface area (Å²) in [7, 11) is 0. The van der Waals surface area contributed by atoms with Crippen LogP contribution in [-0.2, 0) is 11.3 Å². The van der Waals surface area contributed by atoms with Crippen molar-refractivity contribution in [3.8, 4) is 5.88 Å². The minimum Gasteiger partial charge on any atom is -0.481 e. The van der Waals surface area contributed by atoms with E-state index < -0.39 is 5.97 Å². The number of esters is 1. The maximum Gasteiger partial charge on any atom is 0.340 e. The number of benzene rings is 1. The first kappa shape index (κ1) is 16.8. The molecule has 6 heteroatoms. The highest BCUT2D eigenvalue weighted by Crippen LogP contribution is 2.38. The molecule has 0 saturated carbocycles. The van der Waals surface area contributed by atoms with E-state index in [0.717, 1.165) is 5.56 Å². The number of nitrogens with zero attached hydrogens (tertiary/aromatic N) is 2. The van der Waals surface area contributed by atoms with Gasteiger partial charge in [-0.1, -0.05) is 41.9 Å². The summed E-state index contributed by atoms with van der Waals surface area (Å²) in [6.45, 7) is 11.1. The molecule has 0 aliphatic heterocycles. The Labute approximate surface area is 139 Å². The molecule has 1 aromatic heterocycles. The minimum absolute atomic E-state index is 0.00834. The van der Waals surface area contributed by atoms with Gasteiger partial charge in [-0.15, -0.1) is 0 Å². The monoisotopic (exact) mass is 330 g/mol. The van der Waals surface area contributed by atoms with E-state index in [-0.39, 0.29) is 35.4 Å². The lowest BCUT2D eigenvalue weighted by molar-refractivity contribution is 0.0525. The van der Waals surface area contributed by atoms with Gasteiger partial charge in [-0.2, -0.15) is 0 Å². The fourth-order valence-corrected chi connectivity index (χ4v) is 2.33. The standard InChI is InChI=1S/C17H15ClN2O3/c1-4-22-17(21)13-11(2)20-16(15(19-3)14(13)18)23-10-12-8-6-5-7-9-12/h5-9H,4,10H2,1-2H3. The quantitative estimate of drug-likeness (QED) is 0.604. The molecule has 5 nitrogen and oxygen atoms in total. The Bertz CT molecular complexity index is 755. The number of halogens is 1. The van der Waals surface area contributed by atoms with Crippen LogP contribution in [0.15, 0.2) is 30.3 Å². The van der Waals surface area contributed by atoms with Gasteiger partial charge in [-0.05, 0) is 19.4 Å². The Kier molecular flexibility index (Phi) is 5.56. The number of hydrogen-bond acceptors (Lipinski definition) is 4. The molecule has 2 rings (SSSR count). The lowest BCUT2D eigenvalue weighted by atomic mass is 10.2. The smallest absolute Gasteiger partial charge is 0.340 e. The maximum absolute atomic E-state index is 12.0. The number of aromatic nitrogens is 1. The van der Waals surface area contributed by atoms with Crippen molar-refractivity contribution >= 4 is 23.3 Å². The third-order valence-corrected chi connectivity index (χ3v) is 3.44. The molecule has 0 unspecified atom stereocenters. The Morgan fingerprint density at radius 3 is 2.65 bits per heavy atom. The van der Waals surface area contributed by atoms with E-state index in [1.807, 2.05) is 30.3 Å². The molecule has 1 aromatic carbocycles. The molecular weight excluding hydrogens is 316 g/mol. The normalized spacial score (nSPS) is 10.0. The molecule has 0 bridgehead atoms. The predicted octanol–water partition coefficient (Wildman–Crippen LogP) is 4.35. The van der Waals surface area contributed by atoms with Crippen molar-refractivity contribution in [3.05, 3.63) is 63.6 Å². The third kappa shape index (κ3) is 3.79. The van der Waals surface area contributed by atoms with Gasteiger partial charge < -0.3 is 9.47 Å². The van der Waals surface area contributed by atoms with Crippen molar-refractivity contribution in [3.63, 3.8) is 0 Å². The van der Waals surface area contributed by atoms with Gasteiger partial charge in [0.05, 0.1) is 29.5 Å². The molecular formula is C17H15ClN2O3. The van der Waals surface area contributed by atoms with Gasteiger partial charge in [-0.25, -0.2) is 14.6 Å². The zero-order chi connectivity index (χ0) is 16.8. The number of ether oxygens (including phenoxy) is 2. The van der Waals surface area contributed by atoms with E-state index in [4.69, 9.17) is 27.6 Å². The van der Waals surface area contributed by atoms with E-state index in [9.17, 15) is 4.79 Å². The number of carbonyl (C=O) groups is 1. The average molecular weight is 331 g/mol. The fourth-order valence-electron chi connectivity index (χ4n) is 2.00. The lowest BCUT2D eigenvalue weighted by Crippen LogP contribution is -2.10. The van der Waals surface area contributed by atoms with Crippen molar-refractivity contribution in [1.29, 1.82) is 0 Å². The topological polar surface area (TPSA) is 52.8 Å². The first-order chi connectivity index (χ1) is 11.1. The van der Waals surface area contributed by atoms with Crippen LogP contribution in [0.3, 0.4) is 0 Å². The second kappa shape index (κ2) is 7.61. The highest BCUT2D eigenvalue weighted by atomic mass is 35.5. The van der Waals surface area contributed by atoms with Crippen LogP contribution in [0.25, 0.3) is 4.85 Å². The Hall–Kier alpha value is -2.58. The van der Waals surface area contributed by atoms with Crippen LogP contribution in [0.5, 0.6) is 5.88 Å². The van der Waals surface area contributed by atoms with Gasteiger partial charge in [0.2, 0.25) is 5.88 Å². The first-order valence-electron chi connectivity index (χ1n) is 6.99. The zero-order valence-electron chi connectivity index (χ0n) is 12.8. The van der Waals surface area contributed by atoms with Gasteiger partial charge in [0.15, 0.2) is 0 Å². The summed E-state index contributed by atoms with van der Waals surface area (Å²) < 4.78 is 10.6. The number of aryl methyl sites for hydroxylation is 1. The van der Waals surface area contributed by atoms with Crippen molar-refractivity contribution in [2.45, 2.75) is 20.5 Å². The Balaban J connectivity index is 2.34. The first-order valence-corrected chi connectivity index (χ1v) is 7.37. The molecule has 23 heavy (non-hydrogen) atoms. The molecule has 0 atom stereocenters. The van der Waals surface area contributed by atoms with E-state index in [1.165, 1.54) is 0 Å². The van der Waals surface area contributed by atoms with Gasteiger partial charge >= 0.3 is 5.97 Å². The summed E-state index contributed by atoms with van der Waals surface area (Å²) >= 11 is 6.20. The summed E-state index contributed by atoms with van der Waals surface area (Å²) in [6, 6.07) is 9.49. The highest BCUT2D eigenvalue weighted by molar-refractivity contribution is 6.36. The van der Waals surface area contributed by atoms with Crippen molar-refractivity contribution < 1.29 is 14.3 Å². The van der Waals surface area contributed by atoms with E-state index in [1.54, 1.807) is 13.8 Å². The van der Waals surface area contributed by atoms with E-state index in [0.29, 0.717) is 5.69 Å². The molecule has 0 fully saturated rings. The van der Waals surface area contributed by atoms with Crippen LogP contribution in [0.2, 0.25) is 5.02 Å². The molecule has 0 aliphatic carbocycles. The van der Waals surface area contributed by atoms with Gasteiger partial charge in [0, 0.05) is 0 Å². The van der Waals surface area contributed by atoms with Crippen LogP contribution in [0, 0.1) is 13.5 Å². The largest absolute Gasteiger partial charge is 0.481 e. The fraction of sp³-hybridized carbons (Fsp3) is 0.235. The van der Waals surface area contributed by atoms with Crippen LogP contribution in [-0.4, -0.2) is 17.6 Å². The summed E-state index contributed by atoms with van der Waals surface area (Å²) in [5, 5.41) is 0.00834. The molecule has 0 amide bonds. The molecule has 118 valence electrons. The average Bonchev–Trinajstić information content (AvgIpc) is 2.54. The van der Waals surface area contributed by atoms with Crippen molar-refractivity contribution in [2.75, 3.05) is 6.61 Å². The van der Waals surface area contributed by atoms with Crippen LogP contribution >= 0.6 is 11.6 Å². The highest BCUT2D eigenvalue weighted by Gasteiger charge is 2.23. The van der Waals surface area contributed by atoms with E-state index >= 15 is 0 Å². The Morgan fingerprint density at radius 1 is 1.35 bits per heavy atom. The molecule has 0 spiro atoms. The summed E-state index contributed by atoms with van der Waals surface area (Å²) in [5.74, 6) is -0.485. The molecule has 0 saturated heterocycles. The van der Waals surface area contributed by atoms with Crippen molar-refractivity contribution in [1.82, 2.24) is 4.98 Å². The zero-order valence-corrected chi connectivity index (χ0v) is 13.6. The number of rotatable bonds is 5. The summed E-state index contributed by atoms with van der Waals surface area (Å²) in [4.78, 5) is 19.5. The molecule has 0 N–H and O–H groups in total. The van der Waals surface area contributed by atoms with Gasteiger partial charge in [0.1, 0.15) is 6.61 Å². The second-order valence-corrected chi connectivity index (χ2v) is 5.02. The van der Waals surface area contributed by atoms with Crippen LogP contribution in [0.4, 0.5) is 5.69 Å². The molecule has 2 aromatic rings. The number of pyridine rings is 1. The maximum atomic E-state index is 12.0. The predicted molar refractivity (Wildman–Crippen MR) is 87.0 cm³/mol. The second-order valence-electron chi connectivity index (χ2n) is 4.65. The SMILES string of the molecule is [C-]#[N+]c1c(OCc2ccccc2)nc(C)c(C(=O)OCC)c1Cl. The minimum atomic E-state index is -0.595. The van der Waals surface area contributed by atoms with Gasteiger partial charge in [-0.3, -0.25) is 0 Å². The van der Waals surface area contributed by atoms with Crippen LogP contribution < -0.4 is 4.74 Å². The number of carbonyl (C=O) groups excluding carboxylic acids is 1. The van der Waals surface area contributed by atoms with Gasteiger partial charge in [0.25, 0.3) is 5.69 Å². The van der Waals surface area contributed by atoms with Crippen LogP contribution in [0.1, 0.15) is 28.5 Å². The molecule has 1 heterocycles. The lowest BCUT2D eigenvalue weighted by Gasteiger charge is -2.13. The van der Waals surface area contributed by atoms with E-state index in [2.05, 4.69) is 9.83 Å². The third-order valence-electron chi connectivity index (χ3n) is 3.07.